The zero-order valence-electron chi connectivity index (χ0n) is 25.4. The van der Waals surface area contributed by atoms with Crippen LogP contribution >= 0.6 is 34.8 Å². The summed E-state index contributed by atoms with van der Waals surface area (Å²) in [5.74, 6) is -3.12. The first-order valence-electron chi connectivity index (χ1n) is 14.4. The number of benzene rings is 1. The lowest BCUT2D eigenvalue weighted by Crippen LogP contribution is -2.54. The lowest BCUT2D eigenvalue weighted by molar-refractivity contribution is -0.128. The van der Waals surface area contributed by atoms with Crippen molar-refractivity contribution in [3.63, 3.8) is 0 Å². The summed E-state index contributed by atoms with van der Waals surface area (Å²) >= 11 is 18.8. The second kappa shape index (κ2) is 12.6. The smallest absolute Gasteiger partial charge is 0.276 e. The van der Waals surface area contributed by atoms with Crippen molar-refractivity contribution >= 4 is 68.8 Å². The molecular formula is C32H30Cl3F2N7O2. The fourth-order valence-corrected chi connectivity index (χ4v) is 6.70. The Balaban J connectivity index is 1.91. The number of nitrogen functional groups attached to an aromatic ring is 1. The summed E-state index contributed by atoms with van der Waals surface area (Å²) in [4.78, 5) is 35.1. The first-order valence-corrected chi connectivity index (χ1v) is 15.5. The van der Waals surface area contributed by atoms with Gasteiger partial charge in [-0.3, -0.25) is 14.2 Å². The van der Waals surface area contributed by atoms with E-state index >= 15 is 4.39 Å². The van der Waals surface area contributed by atoms with E-state index in [1.54, 1.807) is 17.2 Å². The highest BCUT2D eigenvalue weighted by Gasteiger charge is 2.34. The van der Waals surface area contributed by atoms with Crippen molar-refractivity contribution in [2.75, 3.05) is 30.3 Å². The predicted molar refractivity (Wildman–Crippen MR) is 179 cm³/mol. The van der Waals surface area contributed by atoms with E-state index < -0.39 is 38.5 Å². The number of allylic oxidation sites excluding steroid dienone is 2. The highest BCUT2D eigenvalue weighted by Crippen LogP contribution is 2.44. The number of fused-ring (bicyclic) bond motifs is 1. The molecular weight excluding hydrogens is 659 g/mol. The standard InChI is InChI=1S/C32H30Cl3F2N7O2/c1-6-20(45)43-10-9-42(13-16(43)5)30-17-11-19(33)28(21-24(36)25(37)22(34)23(35)26(21)39)41-31(17)44(32(46)18(30)12-38)29-15(4)7-8-40-27(29)14(2)3/h6-8,11,14,16,27,40H,1,9-10,13,39H2,2-5H3/t16-,27?/m1/s1. The molecule has 0 spiro atoms. The van der Waals surface area contributed by atoms with E-state index in [1.165, 1.54) is 16.7 Å². The minimum atomic E-state index is -1.44. The number of nitrogens with two attached hydrogens (primary N) is 1. The Morgan fingerprint density at radius 2 is 1.93 bits per heavy atom. The van der Waals surface area contributed by atoms with E-state index in [1.807, 2.05) is 32.6 Å². The van der Waals surface area contributed by atoms with Crippen LogP contribution in [0.25, 0.3) is 28.0 Å². The van der Waals surface area contributed by atoms with Gasteiger partial charge in [0.25, 0.3) is 5.56 Å². The largest absolute Gasteiger partial charge is 0.397 e. The Labute approximate surface area is 279 Å². The molecule has 46 heavy (non-hydrogen) atoms. The van der Waals surface area contributed by atoms with Crippen molar-refractivity contribution in [2.24, 2.45) is 5.92 Å². The van der Waals surface area contributed by atoms with Gasteiger partial charge in [-0.05, 0) is 49.8 Å². The fraction of sp³-hybridized carbons (Fsp3) is 0.312. The van der Waals surface area contributed by atoms with Gasteiger partial charge in [-0.25, -0.2) is 13.8 Å². The van der Waals surface area contributed by atoms with Crippen LogP contribution in [0.15, 0.2) is 41.4 Å². The Morgan fingerprint density at radius 1 is 1.24 bits per heavy atom. The Morgan fingerprint density at radius 3 is 2.54 bits per heavy atom. The van der Waals surface area contributed by atoms with Crippen molar-refractivity contribution in [2.45, 2.75) is 39.8 Å². The van der Waals surface area contributed by atoms with Gasteiger partial charge in [-0.2, -0.15) is 5.26 Å². The number of nitrogens with one attached hydrogen (secondary N) is 1. The quantitative estimate of drug-likeness (QED) is 0.139. The first kappa shape index (κ1) is 33.3. The maximum Gasteiger partial charge on any atom is 0.276 e. The third-order valence-corrected chi connectivity index (χ3v) is 9.48. The molecule has 1 unspecified atom stereocenters. The molecule has 0 aliphatic carbocycles. The molecule has 4 heterocycles. The van der Waals surface area contributed by atoms with Crippen molar-refractivity contribution in [3.05, 3.63) is 79.2 Å². The lowest BCUT2D eigenvalue weighted by Gasteiger charge is -2.41. The summed E-state index contributed by atoms with van der Waals surface area (Å²) in [6.45, 7) is 12.0. The van der Waals surface area contributed by atoms with Crippen molar-refractivity contribution in [3.8, 4) is 17.3 Å². The van der Waals surface area contributed by atoms with Crippen LogP contribution in [-0.4, -0.2) is 52.1 Å². The van der Waals surface area contributed by atoms with E-state index in [0.29, 0.717) is 23.2 Å². The first-order chi connectivity index (χ1) is 21.7. The number of carbonyl (C=O) groups is 1. The zero-order valence-corrected chi connectivity index (χ0v) is 27.7. The maximum atomic E-state index is 15.5. The number of halogens is 5. The van der Waals surface area contributed by atoms with Crippen LogP contribution in [-0.2, 0) is 4.79 Å². The van der Waals surface area contributed by atoms with Gasteiger partial charge in [0.2, 0.25) is 5.91 Å². The topological polar surface area (TPSA) is 120 Å². The summed E-state index contributed by atoms with van der Waals surface area (Å²) in [6, 6.07) is 2.85. The van der Waals surface area contributed by atoms with Gasteiger partial charge in [-0.1, -0.05) is 55.2 Å². The molecule has 2 aromatic heterocycles. The summed E-state index contributed by atoms with van der Waals surface area (Å²) in [7, 11) is 0. The van der Waals surface area contributed by atoms with Gasteiger partial charge in [0.15, 0.2) is 11.6 Å². The molecule has 240 valence electrons. The number of anilines is 2. The Kier molecular flexibility index (Phi) is 9.10. The van der Waals surface area contributed by atoms with Crippen LogP contribution in [0.3, 0.4) is 0 Å². The minimum absolute atomic E-state index is 0.0255. The molecule has 1 fully saturated rings. The number of hydrogen-bond donors (Lipinski definition) is 2. The number of nitriles is 1. The zero-order chi connectivity index (χ0) is 33.8. The van der Waals surface area contributed by atoms with Crippen molar-refractivity contribution in [1.82, 2.24) is 19.8 Å². The number of dihydropyridines is 1. The van der Waals surface area contributed by atoms with E-state index in [0.717, 1.165) is 0 Å². The molecule has 2 aliphatic heterocycles. The lowest BCUT2D eigenvalue weighted by atomic mass is 9.94. The molecule has 1 amide bonds. The number of rotatable bonds is 5. The molecule has 0 saturated carbocycles. The molecule has 9 nitrogen and oxygen atoms in total. The van der Waals surface area contributed by atoms with E-state index in [2.05, 4.69) is 18.0 Å². The summed E-state index contributed by atoms with van der Waals surface area (Å²) in [5, 5.41) is 12.8. The molecule has 0 bridgehead atoms. The number of amides is 1. The average molecular weight is 689 g/mol. The number of piperazine rings is 1. The van der Waals surface area contributed by atoms with E-state index in [-0.39, 0.29) is 64.6 Å². The molecule has 1 saturated heterocycles. The highest BCUT2D eigenvalue weighted by atomic mass is 35.5. The van der Waals surface area contributed by atoms with Gasteiger partial charge in [-0.15, -0.1) is 0 Å². The third kappa shape index (κ3) is 5.28. The molecule has 0 radical (unpaired) electrons. The second-order valence-corrected chi connectivity index (χ2v) is 12.7. The monoisotopic (exact) mass is 687 g/mol. The van der Waals surface area contributed by atoms with Gasteiger partial charge < -0.3 is 20.9 Å². The van der Waals surface area contributed by atoms with Gasteiger partial charge in [0.05, 0.1) is 44.4 Å². The van der Waals surface area contributed by atoms with Crippen LogP contribution in [0.5, 0.6) is 0 Å². The van der Waals surface area contributed by atoms with E-state index in [4.69, 9.17) is 45.5 Å². The SMILES string of the molecule is C=CC(=O)N1CCN(c2c(C#N)c(=O)n(C3=C(C)C=CNC3C(C)C)c3nc(-c4c(N)c(Cl)c(Cl)c(F)c4F)c(Cl)cc23)C[C@H]1C. The van der Waals surface area contributed by atoms with Crippen LogP contribution in [0.1, 0.15) is 33.3 Å². The van der Waals surface area contributed by atoms with Crippen LogP contribution in [0, 0.1) is 28.9 Å². The Bertz CT molecular complexity index is 1950. The summed E-state index contributed by atoms with van der Waals surface area (Å²) in [6.07, 6.45) is 4.79. The third-order valence-electron chi connectivity index (χ3n) is 8.35. The molecule has 2 aliphatic rings. The van der Waals surface area contributed by atoms with Crippen molar-refractivity contribution < 1.29 is 13.6 Å². The van der Waals surface area contributed by atoms with E-state index in [9.17, 15) is 19.2 Å². The fourth-order valence-electron chi connectivity index (χ4n) is 6.09. The average Bonchev–Trinajstić information content (AvgIpc) is 3.02. The normalized spacial score (nSPS) is 18.3. The number of hydrogen-bond acceptors (Lipinski definition) is 7. The van der Waals surface area contributed by atoms with Crippen LogP contribution in [0.4, 0.5) is 20.2 Å². The molecule has 3 aromatic rings. The number of aromatic nitrogens is 2. The highest BCUT2D eigenvalue weighted by molar-refractivity contribution is 6.44. The van der Waals surface area contributed by atoms with Gasteiger partial charge >= 0.3 is 0 Å². The van der Waals surface area contributed by atoms with Crippen LogP contribution in [0.2, 0.25) is 15.1 Å². The number of carbonyl (C=O) groups excluding carboxylic acids is 1. The van der Waals surface area contributed by atoms with Crippen molar-refractivity contribution in [1.29, 1.82) is 5.26 Å². The molecule has 2 atom stereocenters. The minimum Gasteiger partial charge on any atom is -0.397 e. The van der Waals surface area contributed by atoms with Crippen LogP contribution < -0.4 is 21.5 Å². The predicted octanol–water partition coefficient (Wildman–Crippen LogP) is 6.35. The maximum absolute atomic E-state index is 15.5. The summed E-state index contributed by atoms with van der Waals surface area (Å²) in [5.41, 5.74) is 5.61. The number of pyridine rings is 2. The summed E-state index contributed by atoms with van der Waals surface area (Å²) < 4.78 is 31.7. The second-order valence-electron chi connectivity index (χ2n) is 11.5. The number of nitrogens with zero attached hydrogens (tertiary/aromatic N) is 5. The molecule has 5 rings (SSSR count). The molecule has 1 aromatic carbocycles. The molecule has 3 N–H and O–H groups in total. The Hall–Kier alpha value is -4.11. The molecule has 14 heteroatoms. The van der Waals surface area contributed by atoms with Gasteiger partial charge in [0, 0.05) is 31.1 Å². The van der Waals surface area contributed by atoms with Gasteiger partial charge in [0.1, 0.15) is 22.3 Å².